The number of halogens is 1. The predicted octanol–water partition coefficient (Wildman–Crippen LogP) is 4.92. The number of hydrogen-bond acceptors (Lipinski definition) is 5. The van der Waals surface area contributed by atoms with Gasteiger partial charge in [-0.05, 0) is 49.2 Å². The number of nitrogens with zero attached hydrogens (tertiary/aromatic N) is 3. The van der Waals surface area contributed by atoms with E-state index in [4.69, 9.17) is 9.26 Å². The van der Waals surface area contributed by atoms with E-state index in [0.717, 1.165) is 22.9 Å². The predicted molar refractivity (Wildman–Crippen MR) is 113 cm³/mol. The number of methoxy groups -OCH3 is 1. The molecule has 2 aromatic carbocycles. The third kappa shape index (κ3) is 4.59. The van der Waals surface area contributed by atoms with Gasteiger partial charge in [-0.1, -0.05) is 27.2 Å². The van der Waals surface area contributed by atoms with Crippen LogP contribution in [0.25, 0.3) is 11.4 Å². The third-order valence-corrected chi connectivity index (χ3v) is 5.45. The molecule has 1 unspecified atom stereocenters. The van der Waals surface area contributed by atoms with Gasteiger partial charge in [0.15, 0.2) is 0 Å². The number of ether oxygens (including phenoxy) is 1. The molecule has 0 aliphatic carbocycles. The van der Waals surface area contributed by atoms with Crippen molar-refractivity contribution in [2.24, 2.45) is 0 Å². The van der Waals surface area contributed by atoms with Gasteiger partial charge in [0.25, 0.3) is 0 Å². The molecule has 1 atom stereocenters. The van der Waals surface area contributed by atoms with Gasteiger partial charge in [-0.3, -0.25) is 0 Å². The molecule has 8 heteroatoms. The van der Waals surface area contributed by atoms with E-state index < -0.39 is 0 Å². The number of amides is 2. The van der Waals surface area contributed by atoms with Crippen molar-refractivity contribution < 1.29 is 14.1 Å². The first-order valence-electron chi connectivity index (χ1n) is 9.42. The summed E-state index contributed by atoms with van der Waals surface area (Å²) in [7, 11) is 1.60. The molecular formula is C21H21BrN4O3. The fourth-order valence-electron chi connectivity index (χ4n) is 3.38. The van der Waals surface area contributed by atoms with Crippen molar-refractivity contribution in [3.63, 3.8) is 0 Å². The highest BCUT2D eigenvalue weighted by Crippen LogP contribution is 2.28. The summed E-state index contributed by atoms with van der Waals surface area (Å²) in [6.45, 7) is 1.23. The van der Waals surface area contributed by atoms with Crippen LogP contribution in [0, 0.1) is 0 Å². The Morgan fingerprint density at radius 3 is 2.90 bits per heavy atom. The number of anilines is 1. The Bertz CT molecular complexity index is 990. The van der Waals surface area contributed by atoms with Crippen LogP contribution >= 0.6 is 15.9 Å². The molecule has 7 nitrogen and oxygen atoms in total. The van der Waals surface area contributed by atoms with Gasteiger partial charge in [-0.25, -0.2) is 4.79 Å². The number of carbonyl (C=O) groups excluding carboxylic acids is 1. The van der Waals surface area contributed by atoms with Gasteiger partial charge in [0.2, 0.25) is 11.7 Å². The standard InChI is InChI=1S/C21H21BrN4O3/c1-28-18-6-2-5-17(12-18)23-21(27)26-11-3-4-15(13-26)20-24-19(25-29-20)14-7-9-16(22)10-8-14/h2,5-10,12,15H,3-4,11,13H2,1H3,(H,23,27). The maximum Gasteiger partial charge on any atom is 0.321 e. The average Bonchev–Trinajstić information content (AvgIpc) is 3.25. The van der Waals surface area contributed by atoms with Gasteiger partial charge >= 0.3 is 6.03 Å². The number of piperidine rings is 1. The zero-order chi connectivity index (χ0) is 20.2. The molecule has 0 radical (unpaired) electrons. The molecule has 1 aliphatic rings. The highest BCUT2D eigenvalue weighted by Gasteiger charge is 2.29. The zero-order valence-corrected chi connectivity index (χ0v) is 17.6. The zero-order valence-electron chi connectivity index (χ0n) is 16.0. The van der Waals surface area contributed by atoms with Crippen LogP contribution in [0.4, 0.5) is 10.5 Å². The van der Waals surface area contributed by atoms with E-state index in [1.807, 2.05) is 42.5 Å². The second-order valence-electron chi connectivity index (χ2n) is 6.91. The van der Waals surface area contributed by atoms with E-state index >= 15 is 0 Å². The van der Waals surface area contributed by atoms with Gasteiger partial charge in [0.1, 0.15) is 5.75 Å². The Labute approximate surface area is 177 Å². The molecule has 1 N–H and O–H groups in total. The number of rotatable bonds is 4. The lowest BCUT2D eigenvalue weighted by Gasteiger charge is -2.31. The van der Waals surface area contributed by atoms with Crippen molar-refractivity contribution in [1.29, 1.82) is 0 Å². The van der Waals surface area contributed by atoms with Crippen molar-refractivity contribution >= 4 is 27.6 Å². The Hall–Kier alpha value is -2.87. The average molecular weight is 457 g/mol. The number of nitrogens with one attached hydrogen (secondary N) is 1. The van der Waals surface area contributed by atoms with Crippen LogP contribution in [0.2, 0.25) is 0 Å². The maximum atomic E-state index is 12.7. The number of benzene rings is 2. The van der Waals surface area contributed by atoms with Crippen LogP contribution in [0.3, 0.4) is 0 Å². The summed E-state index contributed by atoms with van der Waals surface area (Å²) < 4.78 is 11.7. The van der Waals surface area contributed by atoms with E-state index in [1.165, 1.54) is 0 Å². The minimum atomic E-state index is -0.143. The molecule has 2 heterocycles. The number of hydrogen-bond donors (Lipinski definition) is 1. The van der Waals surface area contributed by atoms with Crippen LogP contribution < -0.4 is 10.1 Å². The fourth-order valence-corrected chi connectivity index (χ4v) is 3.65. The van der Waals surface area contributed by atoms with Gasteiger partial charge in [-0.15, -0.1) is 0 Å². The minimum Gasteiger partial charge on any atom is -0.497 e. The third-order valence-electron chi connectivity index (χ3n) is 4.92. The Kier molecular flexibility index (Phi) is 5.80. The van der Waals surface area contributed by atoms with Gasteiger partial charge in [-0.2, -0.15) is 4.98 Å². The highest BCUT2D eigenvalue weighted by molar-refractivity contribution is 9.10. The van der Waals surface area contributed by atoms with Crippen LogP contribution in [0.1, 0.15) is 24.7 Å². The molecule has 2 amide bonds. The summed E-state index contributed by atoms with van der Waals surface area (Å²) in [4.78, 5) is 19.1. The first kappa shape index (κ1) is 19.4. The molecule has 0 saturated carbocycles. The van der Waals surface area contributed by atoms with Crippen LogP contribution in [0.5, 0.6) is 5.75 Å². The normalized spacial score (nSPS) is 16.5. The van der Waals surface area contributed by atoms with E-state index in [-0.39, 0.29) is 11.9 Å². The first-order chi connectivity index (χ1) is 14.1. The Morgan fingerprint density at radius 1 is 1.28 bits per heavy atom. The van der Waals surface area contributed by atoms with Gasteiger partial charge in [0.05, 0.1) is 13.0 Å². The molecule has 29 heavy (non-hydrogen) atoms. The molecule has 0 spiro atoms. The van der Waals surface area contributed by atoms with Crippen LogP contribution in [0.15, 0.2) is 57.5 Å². The molecule has 1 aromatic heterocycles. The topological polar surface area (TPSA) is 80.5 Å². The summed E-state index contributed by atoms with van der Waals surface area (Å²) in [5.74, 6) is 1.86. The fraction of sp³-hybridized carbons (Fsp3) is 0.286. The van der Waals surface area contributed by atoms with Crippen LogP contribution in [-0.4, -0.2) is 41.3 Å². The molecule has 1 aliphatic heterocycles. The van der Waals surface area contributed by atoms with Crippen LogP contribution in [-0.2, 0) is 0 Å². The monoisotopic (exact) mass is 456 g/mol. The lowest BCUT2D eigenvalue weighted by atomic mass is 9.98. The molecule has 4 rings (SSSR count). The van der Waals surface area contributed by atoms with Crippen molar-refractivity contribution in [1.82, 2.24) is 15.0 Å². The first-order valence-corrected chi connectivity index (χ1v) is 10.2. The highest BCUT2D eigenvalue weighted by atomic mass is 79.9. The van der Waals surface area contributed by atoms with E-state index in [2.05, 4.69) is 31.4 Å². The number of likely N-dealkylation sites (tertiary alicyclic amines) is 1. The van der Waals surface area contributed by atoms with E-state index in [1.54, 1.807) is 18.1 Å². The molecule has 150 valence electrons. The molecular weight excluding hydrogens is 436 g/mol. The summed E-state index contributed by atoms with van der Waals surface area (Å²) in [5.41, 5.74) is 1.60. The largest absolute Gasteiger partial charge is 0.497 e. The lowest BCUT2D eigenvalue weighted by molar-refractivity contribution is 0.184. The van der Waals surface area contributed by atoms with E-state index in [0.29, 0.717) is 36.2 Å². The summed E-state index contributed by atoms with van der Waals surface area (Å²) in [5, 5.41) is 7.04. The number of aromatic nitrogens is 2. The SMILES string of the molecule is COc1cccc(NC(=O)N2CCCC(c3nc(-c4ccc(Br)cc4)no3)C2)c1. The number of urea groups is 1. The van der Waals surface area contributed by atoms with Gasteiger partial charge in [0, 0.05) is 34.9 Å². The van der Waals surface area contributed by atoms with Crippen molar-refractivity contribution in [2.45, 2.75) is 18.8 Å². The van der Waals surface area contributed by atoms with Gasteiger partial charge < -0.3 is 19.5 Å². The summed E-state index contributed by atoms with van der Waals surface area (Å²) in [6, 6.07) is 14.9. The maximum absolute atomic E-state index is 12.7. The summed E-state index contributed by atoms with van der Waals surface area (Å²) >= 11 is 3.42. The molecule has 1 fully saturated rings. The summed E-state index contributed by atoms with van der Waals surface area (Å²) in [6.07, 6.45) is 1.79. The van der Waals surface area contributed by atoms with Crippen molar-refractivity contribution in [3.8, 4) is 17.1 Å². The Balaban J connectivity index is 1.43. The molecule has 1 saturated heterocycles. The minimum absolute atomic E-state index is 0.0245. The smallest absolute Gasteiger partial charge is 0.321 e. The van der Waals surface area contributed by atoms with Crippen molar-refractivity contribution in [3.05, 3.63) is 58.9 Å². The van der Waals surface area contributed by atoms with Crippen molar-refractivity contribution in [2.75, 3.05) is 25.5 Å². The second-order valence-corrected chi connectivity index (χ2v) is 7.83. The molecule has 0 bridgehead atoms. The second kappa shape index (κ2) is 8.65. The lowest BCUT2D eigenvalue weighted by Crippen LogP contribution is -2.41. The molecule has 3 aromatic rings. The number of carbonyl (C=O) groups is 1. The Morgan fingerprint density at radius 2 is 2.10 bits per heavy atom. The quantitative estimate of drug-likeness (QED) is 0.602. The van der Waals surface area contributed by atoms with E-state index in [9.17, 15) is 4.79 Å².